The molecule has 0 fully saturated rings. The summed E-state index contributed by atoms with van der Waals surface area (Å²) in [4.78, 5) is 16.1. The van der Waals surface area contributed by atoms with E-state index < -0.39 is 0 Å². The van der Waals surface area contributed by atoms with Crippen LogP contribution in [0.5, 0.6) is 0 Å². The fourth-order valence-electron chi connectivity index (χ4n) is 1.80. The monoisotopic (exact) mass is 368 g/mol. The van der Waals surface area contributed by atoms with Gasteiger partial charge < -0.3 is 16.0 Å². The summed E-state index contributed by atoms with van der Waals surface area (Å²) in [5, 5.41) is 9.32. The van der Waals surface area contributed by atoms with Crippen LogP contribution in [0.15, 0.2) is 27.7 Å². The topological polar surface area (TPSA) is 65.5 Å². The average molecular weight is 369 g/mol. The Balaban J connectivity index is 2.40. The van der Waals surface area contributed by atoms with Crippen molar-refractivity contribution in [3.63, 3.8) is 0 Å². The summed E-state index contributed by atoms with van der Waals surface area (Å²) in [6.07, 6.45) is 1.40. The number of amides is 1. The summed E-state index contributed by atoms with van der Waals surface area (Å²) in [7, 11) is 1.73. The number of nitrogens with zero attached hydrogens (tertiary/aromatic N) is 1. The van der Waals surface area contributed by atoms with Gasteiger partial charge in [-0.25, -0.2) is 0 Å². The molecule has 1 amide bonds. The van der Waals surface area contributed by atoms with Gasteiger partial charge in [0.1, 0.15) is 0 Å². The molecule has 0 aliphatic heterocycles. The molecule has 0 aliphatic rings. The van der Waals surface area contributed by atoms with Crippen LogP contribution >= 0.6 is 15.9 Å². The van der Waals surface area contributed by atoms with Gasteiger partial charge in [-0.1, -0.05) is 22.9 Å². The zero-order valence-electron chi connectivity index (χ0n) is 13.7. The van der Waals surface area contributed by atoms with E-state index in [1.807, 2.05) is 25.1 Å². The van der Waals surface area contributed by atoms with Gasteiger partial charge in [-0.2, -0.15) is 0 Å². The first-order chi connectivity index (χ1) is 10.5. The normalized spacial score (nSPS) is 12.7. The van der Waals surface area contributed by atoms with E-state index in [0.29, 0.717) is 19.0 Å². The quantitative estimate of drug-likeness (QED) is 0.533. The Hall–Kier alpha value is -1.56. The molecule has 0 aliphatic carbocycles. The molecule has 1 aromatic carbocycles. The second-order valence-corrected chi connectivity index (χ2v) is 6.13. The Morgan fingerprint density at radius 2 is 2.14 bits per heavy atom. The van der Waals surface area contributed by atoms with Gasteiger partial charge in [-0.15, -0.1) is 0 Å². The second-order valence-electron chi connectivity index (χ2n) is 5.21. The summed E-state index contributed by atoms with van der Waals surface area (Å²) in [5.41, 5.74) is 1.88. The summed E-state index contributed by atoms with van der Waals surface area (Å²) >= 11 is 3.41. The highest BCUT2D eigenvalue weighted by atomic mass is 79.9. The van der Waals surface area contributed by atoms with Gasteiger partial charge in [0.2, 0.25) is 5.91 Å². The maximum atomic E-state index is 12.0. The minimum absolute atomic E-state index is 0.0167. The second kappa shape index (κ2) is 9.46. The van der Waals surface area contributed by atoms with Crippen LogP contribution in [-0.4, -0.2) is 31.5 Å². The number of hydrogen-bond donors (Lipinski definition) is 3. The molecule has 1 rings (SSSR count). The largest absolute Gasteiger partial charge is 0.356 e. The molecular formula is C16H25BrN4O. The molecule has 22 heavy (non-hydrogen) atoms. The van der Waals surface area contributed by atoms with Crippen LogP contribution in [-0.2, 0) is 4.79 Å². The average Bonchev–Trinajstić information content (AvgIpc) is 2.48. The molecule has 3 N–H and O–H groups in total. The van der Waals surface area contributed by atoms with E-state index in [1.165, 1.54) is 0 Å². The number of hydrogen-bond acceptors (Lipinski definition) is 2. The third-order valence-electron chi connectivity index (χ3n) is 3.33. The van der Waals surface area contributed by atoms with Gasteiger partial charge in [0, 0.05) is 36.2 Å². The van der Waals surface area contributed by atoms with Crippen LogP contribution in [0.1, 0.15) is 32.3 Å². The smallest absolute Gasteiger partial charge is 0.226 e. The van der Waals surface area contributed by atoms with Crippen molar-refractivity contribution < 1.29 is 4.79 Å². The van der Waals surface area contributed by atoms with E-state index in [4.69, 9.17) is 0 Å². The molecule has 0 spiro atoms. The Morgan fingerprint density at radius 3 is 2.73 bits per heavy atom. The van der Waals surface area contributed by atoms with Crippen molar-refractivity contribution >= 4 is 33.5 Å². The highest BCUT2D eigenvalue weighted by Gasteiger charge is 2.07. The third-order valence-corrected chi connectivity index (χ3v) is 3.82. The molecule has 5 nitrogen and oxygen atoms in total. The van der Waals surface area contributed by atoms with Crippen LogP contribution in [0, 0.1) is 6.92 Å². The first kappa shape index (κ1) is 18.5. The number of aliphatic imine (C=N–C) groups is 1. The molecule has 0 bridgehead atoms. The standard InChI is InChI=1S/C16H25BrN4O/c1-5-12(3)20-16(18-4)19-9-8-15(22)21-14-7-6-13(17)10-11(14)2/h6-7,10,12H,5,8-9H2,1-4H3,(H,21,22)(H2,18,19,20). The first-order valence-electron chi connectivity index (χ1n) is 7.49. The lowest BCUT2D eigenvalue weighted by atomic mass is 10.2. The Bertz CT molecular complexity index is 531. The number of rotatable bonds is 6. The number of anilines is 1. The van der Waals surface area contributed by atoms with Crippen molar-refractivity contribution in [1.29, 1.82) is 0 Å². The molecule has 1 aromatic rings. The number of carbonyl (C=O) groups excluding carboxylic acids is 1. The summed E-state index contributed by atoms with van der Waals surface area (Å²) in [6.45, 7) is 6.71. The van der Waals surface area contributed by atoms with Gasteiger partial charge >= 0.3 is 0 Å². The zero-order chi connectivity index (χ0) is 16.5. The van der Waals surface area contributed by atoms with E-state index in [2.05, 4.69) is 50.7 Å². The molecule has 1 unspecified atom stereocenters. The van der Waals surface area contributed by atoms with Gasteiger partial charge in [0.15, 0.2) is 5.96 Å². The number of guanidine groups is 1. The molecule has 0 heterocycles. The van der Waals surface area contributed by atoms with E-state index in [9.17, 15) is 4.79 Å². The SMILES string of the molecule is CCC(C)NC(=NC)NCCC(=O)Nc1ccc(Br)cc1C. The van der Waals surface area contributed by atoms with Crippen LogP contribution in [0.25, 0.3) is 0 Å². The number of halogens is 1. The molecule has 0 saturated heterocycles. The van der Waals surface area contributed by atoms with Crippen LogP contribution in [0.2, 0.25) is 0 Å². The van der Waals surface area contributed by atoms with E-state index in [0.717, 1.165) is 28.1 Å². The highest BCUT2D eigenvalue weighted by Crippen LogP contribution is 2.19. The highest BCUT2D eigenvalue weighted by molar-refractivity contribution is 9.10. The summed E-state index contributed by atoms with van der Waals surface area (Å²) in [6, 6.07) is 6.14. The fraction of sp³-hybridized carbons (Fsp3) is 0.500. The van der Waals surface area contributed by atoms with Crippen LogP contribution < -0.4 is 16.0 Å². The first-order valence-corrected chi connectivity index (χ1v) is 8.28. The van der Waals surface area contributed by atoms with Crippen molar-refractivity contribution in [3.8, 4) is 0 Å². The number of aryl methyl sites for hydroxylation is 1. The summed E-state index contributed by atoms with van der Waals surface area (Å²) in [5.74, 6) is 0.707. The molecule has 1 atom stereocenters. The Morgan fingerprint density at radius 1 is 1.41 bits per heavy atom. The third kappa shape index (κ3) is 6.47. The maximum absolute atomic E-state index is 12.0. The predicted octanol–water partition coefficient (Wildman–Crippen LogP) is 3.05. The van der Waals surface area contributed by atoms with Crippen LogP contribution in [0.4, 0.5) is 5.69 Å². The van der Waals surface area contributed by atoms with Crippen molar-refractivity contribution in [2.75, 3.05) is 18.9 Å². The number of carbonyl (C=O) groups is 1. The Kier molecular flexibility index (Phi) is 7.95. The molecule has 0 radical (unpaired) electrons. The number of benzene rings is 1. The van der Waals surface area contributed by atoms with Gasteiger partial charge in [0.05, 0.1) is 0 Å². The van der Waals surface area contributed by atoms with E-state index in [-0.39, 0.29) is 5.91 Å². The minimum Gasteiger partial charge on any atom is -0.356 e. The lowest BCUT2D eigenvalue weighted by molar-refractivity contribution is -0.116. The van der Waals surface area contributed by atoms with Crippen LogP contribution in [0.3, 0.4) is 0 Å². The summed E-state index contributed by atoms with van der Waals surface area (Å²) < 4.78 is 1.00. The van der Waals surface area contributed by atoms with Crippen molar-refractivity contribution in [3.05, 3.63) is 28.2 Å². The molecule has 0 saturated carbocycles. The molecule has 122 valence electrons. The number of nitrogens with one attached hydrogen (secondary N) is 3. The predicted molar refractivity (Wildman–Crippen MR) is 96.4 cm³/mol. The zero-order valence-corrected chi connectivity index (χ0v) is 15.3. The van der Waals surface area contributed by atoms with Crippen molar-refractivity contribution in [2.24, 2.45) is 4.99 Å². The molecule has 0 aromatic heterocycles. The van der Waals surface area contributed by atoms with Gasteiger partial charge in [-0.3, -0.25) is 9.79 Å². The van der Waals surface area contributed by atoms with Crippen molar-refractivity contribution in [2.45, 2.75) is 39.7 Å². The minimum atomic E-state index is -0.0167. The Labute approximate surface area is 141 Å². The van der Waals surface area contributed by atoms with E-state index in [1.54, 1.807) is 7.05 Å². The maximum Gasteiger partial charge on any atom is 0.226 e. The van der Waals surface area contributed by atoms with Gasteiger partial charge in [-0.05, 0) is 44.0 Å². The molecular weight excluding hydrogens is 344 g/mol. The fourth-order valence-corrected chi connectivity index (χ4v) is 2.28. The molecule has 6 heteroatoms. The lowest BCUT2D eigenvalue weighted by Gasteiger charge is -2.16. The van der Waals surface area contributed by atoms with Crippen molar-refractivity contribution in [1.82, 2.24) is 10.6 Å². The lowest BCUT2D eigenvalue weighted by Crippen LogP contribution is -2.42. The van der Waals surface area contributed by atoms with Gasteiger partial charge in [0.25, 0.3) is 0 Å². The van der Waals surface area contributed by atoms with E-state index >= 15 is 0 Å².